The van der Waals surface area contributed by atoms with E-state index in [0.717, 1.165) is 17.5 Å². The van der Waals surface area contributed by atoms with Crippen LogP contribution in [-0.4, -0.2) is 38.7 Å². The Morgan fingerprint density at radius 2 is 2.19 bits per heavy atom. The fourth-order valence-corrected chi connectivity index (χ4v) is 4.53. The average Bonchev–Trinajstić information content (AvgIpc) is 3.06. The molecule has 1 aliphatic rings. The second-order valence-corrected chi connectivity index (χ2v) is 7.94. The lowest BCUT2D eigenvalue weighted by atomic mass is 9.93. The van der Waals surface area contributed by atoms with Gasteiger partial charge in [-0.05, 0) is 24.6 Å². The van der Waals surface area contributed by atoms with Crippen LogP contribution in [0.5, 0.6) is 0 Å². The molecule has 1 aromatic heterocycles. The van der Waals surface area contributed by atoms with E-state index in [1.165, 1.54) is 0 Å². The number of carbonyl (C=O) groups is 1. The molecule has 1 aromatic carbocycles. The third-order valence-electron chi connectivity index (χ3n) is 4.03. The van der Waals surface area contributed by atoms with Gasteiger partial charge in [-0.3, -0.25) is 0 Å². The number of rotatable bonds is 5. The lowest BCUT2D eigenvalue weighted by Crippen LogP contribution is -2.41. The van der Waals surface area contributed by atoms with Gasteiger partial charge in [0.1, 0.15) is 0 Å². The number of likely N-dealkylation sites (N-methyl/N-ethyl adjacent to an activating group) is 1. The molecule has 1 aliphatic heterocycles. The molecule has 10 heteroatoms. The Balaban J connectivity index is 2.26. The Kier molecular flexibility index (Phi) is 6.20. The second-order valence-electron chi connectivity index (χ2n) is 5.56. The minimum Gasteiger partial charge on any atom is -0.478 e. The number of hydrogen-bond donors (Lipinski definition) is 1. The number of aliphatic imine (C=N–C) groups is 1. The number of nitrogens with zero attached hydrogens (tertiary/aromatic N) is 3. The zero-order valence-electron chi connectivity index (χ0n) is 13.9. The zero-order chi connectivity index (χ0) is 19.7. The van der Waals surface area contributed by atoms with Crippen molar-refractivity contribution >= 4 is 62.3 Å². The summed E-state index contributed by atoms with van der Waals surface area (Å²) in [6, 6.07) is 4.19. The van der Waals surface area contributed by atoms with Crippen molar-refractivity contribution in [2.45, 2.75) is 13.0 Å². The van der Waals surface area contributed by atoms with Crippen molar-refractivity contribution in [2.24, 2.45) is 4.99 Å². The lowest BCUT2D eigenvalue weighted by molar-refractivity contribution is -0.133. The van der Waals surface area contributed by atoms with E-state index in [1.807, 2.05) is 6.92 Å². The van der Waals surface area contributed by atoms with Crippen LogP contribution in [0.2, 0.25) is 10.0 Å². The van der Waals surface area contributed by atoms with E-state index in [2.05, 4.69) is 25.9 Å². The monoisotopic (exact) mass is 491 g/mol. The van der Waals surface area contributed by atoms with Gasteiger partial charge >= 0.3 is 5.97 Å². The molecule has 142 valence electrons. The molecule has 3 rings (SSSR count). The predicted octanol–water partition coefficient (Wildman–Crippen LogP) is 5.15. The predicted molar refractivity (Wildman–Crippen MR) is 109 cm³/mol. The van der Waals surface area contributed by atoms with E-state index in [-0.39, 0.29) is 10.9 Å². The van der Waals surface area contributed by atoms with Crippen molar-refractivity contribution < 1.29 is 14.3 Å². The van der Waals surface area contributed by atoms with Crippen LogP contribution in [0, 0.1) is 5.13 Å². The van der Waals surface area contributed by atoms with Gasteiger partial charge in [-0.25, -0.2) is 14.8 Å². The molecule has 0 saturated carbocycles. The fraction of sp³-hybridized carbons (Fsp3) is 0.235. The molecule has 5 nitrogen and oxygen atoms in total. The van der Waals surface area contributed by atoms with E-state index < -0.39 is 17.1 Å². The number of aromatic nitrogens is 1. The smallest absolute Gasteiger partial charge is 0.335 e. The summed E-state index contributed by atoms with van der Waals surface area (Å²) in [7, 11) is 0. The highest BCUT2D eigenvalue weighted by atomic mass is 79.9. The molecule has 0 fully saturated rings. The Morgan fingerprint density at radius 3 is 2.70 bits per heavy atom. The van der Waals surface area contributed by atoms with E-state index in [4.69, 9.17) is 23.2 Å². The Bertz CT molecular complexity index is 963. The lowest BCUT2D eigenvalue weighted by Gasteiger charge is -2.37. The standard InChI is InChI=1S/C17H13BrCl2FN3O2S/c1-2-24-14(9-4-3-8(19)5-10(9)20)13(17(25)26)11(6-18)23-15(24)16-22-7-12(21)27-16/h3-5,7,14H,2,6H2,1H3,(H,25,26). The number of benzene rings is 1. The van der Waals surface area contributed by atoms with Crippen molar-refractivity contribution in [1.29, 1.82) is 0 Å². The summed E-state index contributed by atoms with van der Waals surface area (Å²) in [6.45, 7) is 2.27. The van der Waals surface area contributed by atoms with Crippen LogP contribution in [-0.2, 0) is 4.79 Å². The molecule has 2 aromatic rings. The number of thiazole rings is 1. The maximum Gasteiger partial charge on any atom is 0.335 e. The number of allylic oxidation sites excluding steroid dienone is 1. The van der Waals surface area contributed by atoms with Gasteiger partial charge in [0.2, 0.25) is 0 Å². The molecule has 0 bridgehead atoms. The SMILES string of the molecule is CCN1C(c2ncc(F)s2)=NC(CBr)=C(C(=O)O)C1c1ccc(Cl)cc1Cl. The fourth-order valence-electron chi connectivity index (χ4n) is 2.94. The third-order valence-corrected chi connectivity index (χ3v) is 5.91. The van der Waals surface area contributed by atoms with Crippen molar-refractivity contribution in [3.05, 3.63) is 61.4 Å². The van der Waals surface area contributed by atoms with Gasteiger partial charge in [-0.15, -0.1) is 0 Å². The summed E-state index contributed by atoms with van der Waals surface area (Å²) < 4.78 is 13.6. The highest BCUT2D eigenvalue weighted by molar-refractivity contribution is 9.09. The summed E-state index contributed by atoms with van der Waals surface area (Å²) in [4.78, 5) is 22.4. The van der Waals surface area contributed by atoms with Crippen LogP contribution in [0.3, 0.4) is 0 Å². The number of alkyl halides is 1. The van der Waals surface area contributed by atoms with Crippen molar-refractivity contribution in [2.75, 3.05) is 11.9 Å². The Hall–Kier alpha value is -1.48. The molecule has 0 saturated heterocycles. The highest BCUT2D eigenvalue weighted by Gasteiger charge is 2.38. The molecule has 1 N–H and O–H groups in total. The first-order valence-electron chi connectivity index (χ1n) is 7.81. The van der Waals surface area contributed by atoms with Gasteiger partial charge in [-0.2, -0.15) is 4.39 Å². The normalized spacial score (nSPS) is 17.3. The van der Waals surface area contributed by atoms with Gasteiger partial charge < -0.3 is 10.0 Å². The molecule has 1 unspecified atom stereocenters. The van der Waals surface area contributed by atoms with Crippen LogP contribution in [0.4, 0.5) is 4.39 Å². The topological polar surface area (TPSA) is 65.8 Å². The van der Waals surface area contributed by atoms with Crippen LogP contribution in [0.25, 0.3) is 0 Å². The first kappa shape index (κ1) is 20.3. The quantitative estimate of drug-likeness (QED) is 0.586. The first-order valence-corrected chi connectivity index (χ1v) is 10.5. The maximum absolute atomic E-state index is 13.6. The maximum atomic E-state index is 13.6. The first-order chi connectivity index (χ1) is 12.9. The van der Waals surface area contributed by atoms with Gasteiger partial charge in [0.05, 0.1) is 23.5 Å². The van der Waals surface area contributed by atoms with Crippen LogP contribution in [0.15, 0.2) is 40.7 Å². The number of halogens is 4. The molecule has 0 aliphatic carbocycles. The van der Waals surface area contributed by atoms with Crippen molar-refractivity contribution in [1.82, 2.24) is 9.88 Å². The molecular weight excluding hydrogens is 480 g/mol. The number of hydrogen-bond acceptors (Lipinski definition) is 5. The van der Waals surface area contributed by atoms with Gasteiger partial charge in [0.25, 0.3) is 0 Å². The van der Waals surface area contributed by atoms with E-state index in [1.54, 1.807) is 23.1 Å². The molecule has 0 spiro atoms. The zero-order valence-corrected chi connectivity index (χ0v) is 17.8. The van der Waals surface area contributed by atoms with Gasteiger partial charge in [0.15, 0.2) is 16.0 Å². The molecule has 2 heterocycles. The summed E-state index contributed by atoms with van der Waals surface area (Å²) in [5.41, 5.74) is 0.996. The van der Waals surface area contributed by atoms with Gasteiger partial charge in [-0.1, -0.05) is 56.5 Å². The van der Waals surface area contributed by atoms with Crippen molar-refractivity contribution in [3.8, 4) is 0 Å². The number of carboxylic acids is 1. The van der Waals surface area contributed by atoms with Crippen LogP contribution < -0.4 is 0 Å². The summed E-state index contributed by atoms with van der Waals surface area (Å²) in [5.74, 6) is -0.700. The number of aliphatic carboxylic acids is 1. The van der Waals surface area contributed by atoms with E-state index >= 15 is 0 Å². The van der Waals surface area contributed by atoms with E-state index in [9.17, 15) is 14.3 Å². The Labute approximate surface area is 177 Å². The highest BCUT2D eigenvalue weighted by Crippen LogP contribution is 2.40. The number of amidine groups is 1. The third kappa shape index (κ3) is 3.89. The molecule has 27 heavy (non-hydrogen) atoms. The number of carboxylic acid groups (broad SMARTS) is 1. The largest absolute Gasteiger partial charge is 0.478 e. The minimum atomic E-state index is -1.10. The van der Waals surface area contributed by atoms with Crippen LogP contribution in [0.1, 0.15) is 23.5 Å². The molecule has 0 amide bonds. The average molecular weight is 493 g/mol. The Morgan fingerprint density at radius 1 is 1.44 bits per heavy atom. The molecule has 0 radical (unpaired) electrons. The summed E-state index contributed by atoms with van der Waals surface area (Å²) >= 11 is 16.5. The van der Waals surface area contributed by atoms with E-state index in [0.29, 0.717) is 38.7 Å². The minimum absolute atomic E-state index is 0.0960. The summed E-state index contributed by atoms with van der Waals surface area (Å²) in [6.07, 6.45) is 1.12. The molecule has 1 atom stereocenters. The second kappa shape index (κ2) is 8.26. The summed E-state index contributed by atoms with van der Waals surface area (Å²) in [5, 5.41) is 10.8. The van der Waals surface area contributed by atoms with Crippen molar-refractivity contribution in [3.63, 3.8) is 0 Å². The van der Waals surface area contributed by atoms with Gasteiger partial charge in [0, 0.05) is 21.9 Å². The van der Waals surface area contributed by atoms with Crippen LogP contribution >= 0.6 is 50.5 Å². The molecular formula is C17H13BrCl2FN3O2S.